The second kappa shape index (κ2) is 6.82. The van der Waals surface area contributed by atoms with E-state index in [-0.39, 0.29) is 11.6 Å². The highest BCUT2D eigenvalue weighted by Crippen LogP contribution is 2.42. The van der Waals surface area contributed by atoms with Crippen molar-refractivity contribution in [2.45, 2.75) is 0 Å². The zero-order chi connectivity index (χ0) is 18.1. The summed E-state index contributed by atoms with van der Waals surface area (Å²) in [4.78, 5) is 16.7. The Morgan fingerprint density at radius 2 is 1.60 bits per heavy atom. The standard InChI is InChI=1S/C17H14Cl2N2O4/c1-23-12-6-9(7-13(24-2)16(12)25-3)20-15-10-4-8(18)5-11(19)14(10)21-17(15)22/h4-7H,1-3H3,(H,20,21,22). The number of anilines is 1. The third kappa shape index (κ3) is 3.10. The minimum atomic E-state index is -0.368. The molecule has 2 aromatic carbocycles. The predicted octanol–water partition coefficient (Wildman–Crippen LogP) is 4.09. The molecule has 0 unspecified atom stereocenters. The fraction of sp³-hybridized carbons (Fsp3) is 0.176. The normalized spacial score (nSPS) is 14.3. The van der Waals surface area contributed by atoms with Crippen LogP contribution in [0.3, 0.4) is 0 Å². The van der Waals surface area contributed by atoms with Crippen molar-refractivity contribution in [2.24, 2.45) is 4.99 Å². The SMILES string of the molecule is COc1cc(N=C2C(=O)Nc3c(Cl)cc(Cl)cc32)cc(OC)c1OC. The highest BCUT2D eigenvalue weighted by Gasteiger charge is 2.29. The van der Waals surface area contributed by atoms with Crippen molar-refractivity contribution in [2.75, 3.05) is 26.6 Å². The third-order valence-corrected chi connectivity index (χ3v) is 4.17. The zero-order valence-corrected chi connectivity index (χ0v) is 15.2. The maximum absolute atomic E-state index is 12.3. The first kappa shape index (κ1) is 17.4. The molecule has 0 saturated heterocycles. The van der Waals surface area contributed by atoms with Crippen LogP contribution in [0.5, 0.6) is 17.2 Å². The lowest BCUT2D eigenvalue weighted by atomic mass is 10.1. The van der Waals surface area contributed by atoms with Crippen molar-refractivity contribution >= 4 is 46.2 Å². The Labute approximate surface area is 154 Å². The van der Waals surface area contributed by atoms with E-state index in [1.54, 1.807) is 24.3 Å². The van der Waals surface area contributed by atoms with Gasteiger partial charge < -0.3 is 19.5 Å². The molecule has 0 atom stereocenters. The van der Waals surface area contributed by atoms with E-state index >= 15 is 0 Å². The van der Waals surface area contributed by atoms with Crippen LogP contribution in [-0.2, 0) is 4.79 Å². The van der Waals surface area contributed by atoms with Gasteiger partial charge in [0.15, 0.2) is 11.5 Å². The van der Waals surface area contributed by atoms with Gasteiger partial charge in [0.05, 0.1) is 37.7 Å². The number of rotatable bonds is 4. The number of ether oxygens (including phenoxy) is 3. The molecule has 1 aliphatic rings. The Kier molecular flexibility index (Phi) is 4.74. The number of hydrogen-bond donors (Lipinski definition) is 1. The molecule has 3 rings (SSSR count). The van der Waals surface area contributed by atoms with Crippen molar-refractivity contribution in [1.29, 1.82) is 0 Å². The quantitative estimate of drug-likeness (QED) is 0.866. The minimum Gasteiger partial charge on any atom is -0.493 e. The zero-order valence-electron chi connectivity index (χ0n) is 13.6. The summed E-state index contributed by atoms with van der Waals surface area (Å²) in [7, 11) is 4.52. The van der Waals surface area contributed by atoms with E-state index in [1.807, 2.05) is 0 Å². The van der Waals surface area contributed by atoms with Crippen molar-refractivity contribution in [3.05, 3.63) is 39.9 Å². The molecule has 0 aliphatic carbocycles. The van der Waals surface area contributed by atoms with Crippen LogP contribution in [0.25, 0.3) is 0 Å². The second-order valence-corrected chi connectivity index (χ2v) is 5.95. The van der Waals surface area contributed by atoms with E-state index in [0.29, 0.717) is 44.2 Å². The first-order chi connectivity index (χ1) is 12.0. The molecule has 0 bridgehead atoms. The molecule has 0 saturated carbocycles. The third-order valence-electron chi connectivity index (χ3n) is 3.65. The van der Waals surface area contributed by atoms with E-state index in [9.17, 15) is 4.79 Å². The second-order valence-electron chi connectivity index (χ2n) is 5.11. The highest BCUT2D eigenvalue weighted by molar-refractivity contribution is 6.56. The summed E-state index contributed by atoms with van der Waals surface area (Å²) < 4.78 is 15.9. The Bertz CT molecular complexity index is 871. The average Bonchev–Trinajstić information content (AvgIpc) is 2.90. The first-order valence-corrected chi connectivity index (χ1v) is 7.93. The van der Waals surface area contributed by atoms with Gasteiger partial charge in [0.25, 0.3) is 5.91 Å². The van der Waals surface area contributed by atoms with Crippen LogP contribution in [0.4, 0.5) is 11.4 Å². The van der Waals surface area contributed by atoms with E-state index in [1.165, 1.54) is 21.3 Å². The average molecular weight is 381 g/mol. The summed E-state index contributed by atoms with van der Waals surface area (Å²) in [5, 5.41) is 3.46. The Balaban J connectivity index is 2.15. The lowest BCUT2D eigenvalue weighted by molar-refractivity contribution is -0.110. The fourth-order valence-corrected chi connectivity index (χ4v) is 3.10. The number of amides is 1. The van der Waals surface area contributed by atoms with Crippen LogP contribution in [-0.4, -0.2) is 32.9 Å². The number of halogens is 2. The van der Waals surface area contributed by atoms with Crippen LogP contribution in [0, 0.1) is 0 Å². The topological polar surface area (TPSA) is 69.2 Å². The number of benzene rings is 2. The minimum absolute atomic E-state index is 0.202. The number of aliphatic imine (C=N–C) groups is 1. The van der Waals surface area contributed by atoms with E-state index < -0.39 is 0 Å². The molecule has 0 spiro atoms. The molecule has 6 nitrogen and oxygen atoms in total. The Morgan fingerprint density at radius 3 is 2.16 bits per heavy atom. The summed E-state index contributed by atoms with van der Waals surface area (Å²) in [6.07, 6.45) is 0. The number of nitrogens with one attached hydrogen (secondary N) is 1. The summed E-state index contributed by atoms with van der Waals surface area (Å²) in [5.41, 5.74) is 1.69. The van der Waals surface area contributed by atoms with E-state index in [4.69, 9.17) is 37.4 Å². The van der Waals surface area contributed by atoms with Gasteiger partial charge in [0, 0.05) is 22.7 Å². The molecule has 2 aromatic rings. The van der Waals surface area contributed by atoms with Crippen molar-refractivity contribution in [1.82, 2.24) is 0 Å². The van der Waals surface area contributed by atoms with Gasteiger partial charge in [0.2, 0.25) is 5.75 Å². The fourth-order valence-electron chi connectivity index (χ4n) is 2.55. The van der Waals surface area contributed by atoms with Crippen molar-refractivity contribution in [3.8, 4) is 17.2 Å². The molecule has 8 heteroatoms. The lowest BCUT2D eigenvalue weighted by Gasteiger charge is -2.12. The van der Waals surface area contributed by atoms with Crippen LogP contribution in [0.15, 0.2) is 29.3 Å². The molecule has 25 heavy (non-hydrogen) atoms. The Morgan fingerprint density at radius 1 is 0.960 bits per heavy atom. The predicted molar refractivity (Wildman–Crippen MR) is 97.4 cm³/mol. The summed E-state index contributed by atoms with van der Waals surface area (Å²) in [5.74, 6) is 0.942. The number of hydrogen-bond acceptors (Lipinski definition) is 5. The molecule has 0 fully saturated rings. The number of carbonyl (C=O) groups excluding carboxylic acids is 1. The van der Waals surface area contributed by atoms with Gasteiger partial charge in [-0.15, -0.1) is 0 Å². The van der Waals surface area contributed by atoms with Crippen molar-refractivity contribution < 1.29 is 19.0 Å². The molecule has 1 aliphatic heterocycles. The number of methoxy groups -OCH3 is 3. The Hall–Kier alpha value is -2.44. The summed E-state index contributed by atoms with van der Waals surface area (Å²) in [6, 6.07) is 6.49. The molecular formula is C17H14Cl2N2O4. The number of nitrogens with zero attached hydrogens (tertiary/aromatic N) is 1. The molecule has 1 N–H and O–H groups in total. The molecule has 1 amide bonds. The van der Waals surface area contributed by atoms with Gasteiger partial charge in [-0.3, -0.25) is 4.79 Å². The molecule has 0 radical (unpaired) electrons. The van der Waals surface area contributed by atoms with Crippen molar-refractivity contribution in [3.63, 3.8) is 0 Å². The van der Waals surface area contributed by atoms with Crippen LogP contribution in [0.2, 0.25) is 10.0 Å². The van der Waals surface area contributed by atoms with Crippen LogP contribution in [0.1, 0.15) is 5.56 Å². The lowest BCUT2D eigenvalue weighted by Crippen LogP contribution is -2.14. The monoisotopic (exact) mass is 380 g/mol. The van der Waals surface area contributed by atoms with E-state index in [2.05, 4.69) is 10.3 Å². The van der Waals surface area contributed by atoms with Gasteiger partial charge in [-0.05, 0) is 12.1 Å². The molecular weight excluding hydrogens is 367 g/mol. The smallest absolute Gasteiger partial charge is 0.275 e. The van der Waals surface area contributed by atoms with Gasteiger partial charge in [0.1, 0.15) is 5.71 Å². The number of carbonyl (C=O) groups is 1. The maximum atomic E-state index is 12.3. The molecule has 1 heterocycles. The highest BCUT2D eigenvalue weighted by atomic mass is 35.5. The largest absolute Gasteiger partial charge is 0.493 e. The molecule has 130 valence electrons. The van der Waals surface area contributed by atoms with Gasteiger partial charge in [-0.2, -0.15) is 0 Å². The maximum Gasteiger partial charge on any atom is 0.275 e. The van der Waals surface area contributed by atoms with Gasteiger partial charge >= 0.3 is 0 Å². The van der Waals surface area contributed by atoms with Crippen LogP contribution >= 0.6 is 23.2 Å². The van der Waals surface area contributed by atoms with Gasteiger partial charge in [-0.1, -0.05) is 23.2 Å². The summed E-state index contributed by atoms with van der Waals surface area (Å²) in [6.45, 7) is 0. The number of fused-ring (bicyclic) bond motifs is 1. The first-order valence-electron chi connectivity index (χ1n) is 7.18. The van der Waals surface area contributed by atoms with Crippen LogP contribution < -0.4 is 19.5 Å². The molecule has 0 aromatic heterocycles. The van der Waals surface area contributed by atoms with E-state index in [0.717, 1.165) is 0 Å². The summed E-state index contributed by atoms with van der Waals surface area (Å²) >= 11 is 12.2. The van der Waals surface area contributed by atoms with Gasteiger partial charge in [-0.25, -0.2) is 4.99 Å².